The Balaban J connectivity index is 2.26. The van der Waals surface area contributed by atoms with Gasteiger partial charge in [-0.1, -0.05) is 32.0 Å². The second kappa shape index (κ2) is 6.37. The van der Waals surface area contributed by atoms with E-state index in [1.807, 2.05) is 0 Å². The topological polar surface area (TPSA) is 76.3 Å². The van der Waals surface area contributed by atoms with E-state index in [0.29, 0.717) is 11.6 Å². The number of aromatic nitrogens is 1. The van der Waals surface area contributed by atoms with Crippen LogP contribution >= 0.6 is 12.2 Å². The molecule has 7 heteroatoms. The van der Waals surface area contributed by atoms with Crippen LogP contribution in [0.15, 0.2) is 23.2 Å². The van der Waals surface area contributed by atoms with E-state index >= 15 is 0 Å². The molecule has 1 fully saturated rings. The average molecular weight is 327 g/mol. The van der Waals surface area contributed by atoms with E-state index in [2.05, 4.69) is 11.9 Å². The third-order valence-electron chi connectivity index (χ3n) is 4.20. The minimum absolute atomic E-state index is 0.0546. The van der Waals surface area contributed by atoms with Crippen molar-refractivity contribution in [2.75, 3.05) is 7.05 Å². The Bertz CT molecular complexity index is 614. The van der Waals surface area contributed by atoms with Crippen LogP contribution in [0.1, 0.15) is 38.3 Å². The summed E-state index contributed by atoms with van der Waals surface area (Å²) < 4.78 is 26.9. The zero-order chi connectivity index (χ0) is 15.6. The highest BCUT2D eigenvalue weighted by molar-refractivity contribution is 7.89. The molecule has 2 unspecified atom stereocenters. The monoisotopic (exact) mass is 327 g/mol. The second-order valence-corrected chi connectivity index (χ2v) is 8.03. The third-order valence-corrected chi connectivity index (χ3v) is 6.27. The van der Waals surface area contributed by atoms with Crippen molar-refractivity contribution in [1.82, 2.24) is 9.29 Å². The summed E-state index contributed by atoms with van der Waals surface area (Å²) in [5.74, 6) is 0.377. The predicted octanol–water partition coefficient (Wildman–Crippen LogP) is 1.92. The van der Waals surface area contributed by atoms with Crippen molar-refractivity contribution in [3.63, 3.8) is 0 Å². The first-order chi connectivity index (χ1) is 9.84. The molecule has 0 radical (unpaired) electrons. The number of sulfonamides is 1. The molecule has 0 aromatic carbocycles. The molecule has 1 aliphatic carbocycles. The van der Waals surface area contributed by atoms with Gasteiger partial charge >= 0.3 is 0 Å². The molecule has 0 bridgehead atoms. The van der Waals surface area contributed by atoms with E-state index in [9.17, 15) is 8.42 Å². The highest BCUT2D eigenvalue weighted by Gasteiger charge is 2.33. The molecule has 0 saturated heterocycles. The molecule has 5 nitrogen and oxygen atoms in total. The molecule has 0 aliphatic heterocycles. The van der Waals surface area contributed by atoms with Gasteiger partial charge in [0.25, 0.3) is 0 Å². The molecule has 2 atom stereocenters. The van der Waals surface area contributed by atoms with Crippen LogP contribution in [-0.4, -0.2) is 35.8 Å². The molecule has 2 N–H and O–H groups in total. The van der Waals surface area contributed by atoms with E-state index in [0.717, 1.165) is 19.3 Å². The smallest absolute Gasteiger partial charge is 0.244 e. The van der Waals surface area contributed by atoms with Crippen molar-refractivity contribution in [3.05, 3.63) is 24.0 Å². The van der Waals surface area contributed by atoms with Crippen LogP contribution in [0, 0.1) is 5.92 Å². The van der Waals surface area contributed by atoms with Gasteiger partial charge in [0.05, 0.1) is 5.69 Å². The number of nitrogens with zero attached hydrogens (tertiary/aromatic N) is 2. The fourth-order valence-corrected chi connectivity index (χ4v) is 4.41. The Morgan fingerprint density at radius 2 is 2.05 bits per heavy atom. The summed E-state index contributed by atoms with van der Waals surface area (Å²) in [6.07, 6.45) is 5.57. The highest BCUT2D eigenvalue weighted by atomic mass is 32.2. The molecule has 2 rings (SSSR count). The molecule has 1 aromatic rings. The van der Waals surface area contributed by atoms with Gasteiger partial charge in [-0.05, 0) is 30.9 Å². The first-order valence-corrected chi connectivity index (χ1v) is 8.92. The molecule has 116 valence electrons. The van der Waals surface area contributed by atoms with Crippen LogP contribution in [0.2, 0.25) is 0 Å². The quantitative estimate of drug-likeness (QED) is 0.855. The average Bonchev–Trinajstić information content (AvgIpc) is 2.47. The van der Waals surface area contributed by atoms with Crippen molar-refractivity contribution in [2.24, 2.45) is 11.7 Å². The molecule has 1 aliphatic rings. The summed E-state index contributed by atoms with van der Waals surface area (Å²) >= 11 is 4.82. The maximum absolute atomic E-state index is 12.7. The Hall–Kier alpha value is -1.05. The Kier molecular flexibility index (Phi) is 4.95. The standard InChI is InChI=1S/C14H21N3O2S2/c1-10-5-3-4-6-13(10)17(2)21(18,19)11-7-8-12(14(15)20)16-9-11/h7-10,13H,3-6H2,1-2H3,(H2,15,20). The van der Waals surface area contributed by atoms with Crippen molar-refractivity contribution in [2.45, 2.75) is 43.5 Å². The van der Waals surface area contributed by atoms with Gasteiger partial charge in [-0.15, -0.1) is 0 Å². The SMILES string of the molecule is CC1CCCCC1N(C)S(=O)(=O)c1ccc(C(N)=S)nc1. The van der Waals surface area contributed by atoms with Crippen LogP contribution in [0.3, 0.4) is 0 Å². The van der Waals surface area contributed by atoms with Gasteiger partial charge in [0.2, 0.25) is 10.0 Å². The lowest BCUT2D eigenvalue weighted by molar-refractivity contribution is 0.213. The van der Waals surface area contributed by atoms with Crippen LogP contribution in [0.25, 0.3) is 0 Å². The lowest BCUT2D eigenvalue weighted by Crippen LogP contribution is -2.42. The van der Waals surface area contributed by atoms with Gasteiger partial charge in [0, 0.05) is 19.3 Å². The minimum Gasteiger partial charge on any atom is -0.388 e. The summed E-state index contributed by atoms with van der Waals surface area (Å²) in [7, 11) is -1.87. The zero-order valence-corrected chi connectivity index (χ0v) is 14.0. The Morgan fingerprint density at radius 3 is 2.57 bits per heavy atom. The number of hydrogen-bond donors (Lipinski definition) is 1. The maximum Gasteiger partial charge on any atom is 0.244 e. The molecule has 1 saturated carbocycles. The largest absolute Gasteiger partial charge is 0.388 e. The van der Waals surface area contributed by atoms with Crippen LogP contribution in [0.4, 0.5) is 0 Å². The number of pyridine rings is 1. The fourth-order valence-electron chi connectivity index (χ4n) is 2.86. The highest BCUT2D eigenvalue weighted by Crippen LogP contribution is 2.30. The summed E-state index contributed by atoms with van der Waals surface area (Å²) in [5, 5.41) is 0. The molecule has 1 heterocycles. The number of nitrogens with two attached hydrogens (primary N) is 1. The van der Waals surface area contributed by atoms with Gasteiger partial charge in [-0.3, -0.25) is 4.98 Å². The van der Waals surface area contributed by atoms with Crippen molar-refractivity contribution in [1.29, 1.82) is 0 Å². The van der Waals surface area contributed by atoms with E-state index in [-0.39, 0.29) is 15.9 Å². The number of thiocarbonyl (C=S) groups is 1. The number of hydrogen-bond acceptors (Lipinski definition) is 4. The summed E-state index contributed by atoms with van der Waals surface area (Å²) in [6.45, 7) is 2.12. The van der Waals surface area contributed by atoms with Crippen LogP contribution in [-0.2, 0) is 10.0 Å². The van der Waals surface area contributed by atoms with Crippen molar-refractivity contribution in [3.8, 4) is 0 Å². The van der Waals surface area contributed by atoms with E-state index < -0.39 is 10.0 Å². The van der Waals surface area contributed by atoms with E-state index in [1.165, 1.54) is 23.0 Å². The summed E-state index contributed by atoms with van der Waals surface area (Å²) in [4.78, 5) is 4.36. The first kappa shape index (κ1) is 16.3. The minimum atomic E-state index is -3.53. The Labute approximate surface area is 131 Å². The van der Waals surface area contributed by atoms with Gasteiger partial charge in [-0.2, -0.15) is 4.31 Å². The maximum atomic E-state index is 12.7. The number of rotatable bonds is 4. The molecule has 0 spiro atoms. The lowest BCUT2D eigenvalue weighted by Gasteiger charge is -2.35. The summed E-state index contributed by atoms with van der Waals surface area (Å²) in [5.41, 5.74) is 5.91. The normalized spacial score (nSPS) is 23.2. The van der Waals surface area contributed by atoms with Crippen molar-refractivity contribution >= 4 is 27.2 Å². The van der Waals surface area contributed by atoms with Gasteiger partial charge in [0.15, 0.2) is 0 Å². The fraction of sp³-hybridized carbons (Fsp3) is 0.571. The molecular formula is C14H21N3O2S2. The molecule has 21 heavy (non-hydrogen) atoms. The van der Waals surface area contributed by atoms with Crippen molar-refractivity contribution < 1.29 is 8.42 Å². The first-order valence-electron chi connectivity index (χ1n) is 7.08. The van der Waals surface area contributed by atoms with Gasteiger partial charge in [0.1, 0.15) is 9.88 Å². The van der Waals surface area contributed by atoms with Gasteiger partial charge in [-0.25, -0.2) is 8.42 Å². The third kappa shape index (κ3) is 3.41. The lowest BCUT2D eigenvalue weighted by atomic mass is 9.86. The molecule has 0 amide bonds. The zero-order valence-electron chi connectivity index (χ0n) is 12.3. The van der Waals surface area contributed by atoms with Crippen LogP contribution in [0.5, 0.6) is 0 Å². The summed E-state index contributed by atoms with van der Waals surface area (Å²) in [6, 6.07) is 3.12. The van der Waals surface area contributed by atoms with Gasteiger partial charge < -0.3 is 5.73 Å². The molecular weight excluding hydrogens is 306 g/mol. The Morgan fingerprint density at radius 1 is 1.38 bits per heavy atom. The second-order valence-electron chi connectivity index (χ2n) is 5.59. The van der Waals surface area contributed by atoms with E-state index in [4.69, 9.17) is 18.0 Å². The van der Waals surface area contributed by atoms with E-state index in [1.54, 1.807) is 13.1 Å². The van der Waals surface area contributed by atoms with Crippen LogP contribution < -0.4 is 5.73 Å². The predicted molar refractivity (Wildman–Crippen MR) is 86.5 cm³/mol. The molecule has 1 aromatic heterocycles.